The molecule has 0 aromatic rings. The predicted molar refractivity (Wildman–Crippen MR) is 18.8 cm³/mol. The van der Waals surface area contributed by atoms with Gasteiger partial charge in [0.2, 0.25) is 6.21 Å². The van der Waals surface area contributed by atoms with E-state index in [0.717, 1.165) is 0 Å². The second-order valence-electron chi connectivity index (χ2n) is 0.908. The molecule has 0 bridgehead atoms. The van der Waals surface area contributed by atoms with E-state index in [0.29, 0.717) is 11.4 Å². The zero-order chi connectivity index (χ0) is 4.41. The Morgan fingerprint density at radius 2 is 2.83 bits per heavy atom. The Morgan fingerprint density at radius 1 is 2.00 bits per heavy atom. The van der Waals surface area contributed by atoms with Gasteiger partial charge in [-0.3, -0.25) is 5.21 Å². The lowest BCUT2D eigenvalue weighted by atomic mass is 10.8. The molecule has 0 aromatic heterocycles. The molecule has 1 aliphatic rings. The third-order valence-corrected chi connectivity index (χ3v) is 0.478. The van der Waals surface area contributed by atoms with Crippen molar-refractivity contribution in [1.82, 2.24) is 5.48 Å². The van der Waals surface area contributed by atoms with Gasteiger partial charge in [0.25, 0.3) is 0 Å². The molecule has 1 rings (SSSR count). The number of rotatable bonds is 0. The van der Waals surface area contributed by atoms with E-state index in [9.17, 15) is 5.21 Å². The Kier molecular flexibility index (Phi) is 0.648. The summed E-state index contributed by atoms with van der Waals surface area (Å²) in [5.41, 5.74) is 2.33. The first-order valence-corrected chi connectivity index (χ1v) is 1.59. The second kappa shape index (κ2) is 1.14. The highest BCUT2D eigenvalue weighted by Gasteiger charge is 1.96. The minimum Gasteiger partial charge on any atom is -0.321 e. The van der Waals surface area contributed by atoms with Crippen molar-refractivity contribution < 1.29 is 9.84 Å². The zero-order valence-corrected chi connectivity index (χ0v) is 3.05. The van der Waals surface area contributed by atoms with Crippen molar-refractivity contribution in [3.63, 3.8) is 0 Å². The van der Waals surface area contributed by atoms with Gasteiger partial charge in [-0.05, 0) is 0 Å². The van der Waals surface area contributed by atoms with E-state index in [4.69, 9.17) is 0 Å². The highest BCUT2D eigenvalue weighted by molar-refractivity contribution is 5.53. The third kappa shape index (κ3) is 0.414. The monoisotopic (exact) mass is 88.0 g/mol. The van der Waals surface area contributed by atoms with Gasteiger partial charge in [-0.2, -0.15) is 5.48 Å². The first-order valence-electron chi connectivity index (χ1n) is 1.59. The van der Waals surface area contributed by atoms with Crippen LogP contribution in [0, 0.1) is 5.21 Å². The molecule has 6 heavy (non-hydrogen) atoms. The molecule has 0 unspecified atom stereocenters. The van der Waals surface area contributed by atoms with Crippen molar-refractivity contribution in [2.24, 2.45) is 0 Å². The van der Waals surface area contributed by atoms with Crippen LogP contribution < -0.4 is 5.48 Å². The summed E-state index contributed by atoms with van der Waals surface area (Å²) in [6.45, 7) is 0.503. The van der Waals surface area contributed by atoms with Crippen molar-refractivity contribution in [2.45, 2.75) is 0 Å². The van der Waals surface area contributed by atoms with E-state index in [1.807, 2.05) is 0 Å². The molecule has 1 aliphatic heterocycles. The van der Waals surface area contributed by atoms with Crippen molar-refractivity contribution in [2.75, 3.05) is 6.54 Å². The van der Waals surface area contributed by atoms with E-state index < -0.39 is 0 Å². The summed E-state index contributed by atoms with van der Waals surface area (Å²) in [5, 5.41) is 9.82. The van der Waals surface area contributed by atoms with Gasteiger partial charge in [0, 0.05) is 4.90 Å². The molecule has 1 N–H and O–H groups in total. The number of hydrogen-bond donors (Lipinski definition) is 1. The summed E-state index contributed by atoms with van der Waals surface area (Å²) in [6, 6.07) is 0. The molecule has 0 amide bonds. The fraction of sp³-hybridized carbons (Fsp3) is 0.500. The summed E-state index contributed by atoms with van der Waals surface area (Å²) in [5.74, 6) is 0. The lowest BCUT2D eigenvalue weighted by molar-refractivity contribution is -0.745. The van der Waals surface area contributed by atoms with E-state index in [-0.39, 0.29) is 0 Å². The fourth-order valence-corrected chi connectivity index (χ4v) is 0.250. The second-order valence-corrected chi connectivity index (χ2v) is 0.908. The molecule has 4 heteroatoms. The van der Waals surface area contributed by atoms with Crippen LogP contribution in [0.15, 0.2) is 0 Å². The standard InChI is InChI=1S/C2H4N2O2/c5-4-2-1-3-6-4/h2-3H,1H2. The largest absolute Gasteiger partial charge is 0.321 e. The highest BCUT2D eigenvalue weighted by atomic mass is 16.9. The molecule has 34 valence electrons. The Bertz CT molecular complexity index is 79.6. The number of hydroxylamine groups is 1. The van der Waals surface area contributed by atoms with Crippen LogP contribution in [0.5, 0.6) is 0 Å². The van der Waals surface area contributed by atoms with E-state index >= 15 is 0 Å². The average molecular weight is 88.1 g/mol. The molecular weight excluding hydrogens is 84.0 g/mol. The summed E-state index contributed by atoms with van der Waals surface area (Å²) >= 11 is 0. The molecule has 0 aromatic carbocycles. The maximum absolute atomic E-state index is 9.82. The van der Waals surface area contributed by atoms with Crippen molar-refractivity contribution in [3.8, 4) is 0 Å². The van der Waals surface area contributed by atoms with Crippen LogP contribution in [-0.2, 0) is 4.94 Å². The van der Waals surface area contributed by atoms with Gasteiger partial charge >= 0.3 is 0 Å². The Balaban J connectivity index is 2.45. The molecule has 0 saturated carbocycles. The average Bonchev–Trinajstić information content (AvgIpc) is 1.86. The van der Waals surface area contributed by atoms with Crippen LogP contribution in [0.1, 0.15) is 0 Å². The van der Waals surface area contributed by atoms with E-state index in [1.54, 1.807) is 0 Å². The maximum Gasteiger partial charge on any atom is 0.226 e. The Hall–Kier alpha value is -0.770. The topological polar surface area (TPSA) is 47.3 Å². The van der Waals surface area contributed by atoms with Crippen LogP contribution >= 0.6 is 0 Å². The molecule has 4 nitrogen and oxygen atoms in total. The van der Waals surface area contributed by atoms with Gasteiger partial charge < -0.3 is 4.94 Å². The van der Waals surface area contributed by atoms with Gasteiger partial charge in [-0.1, -0.05) is 0 Å². The van der Waals surface area contributed by atoms with Crippen LogP contribution in [0.4, 0.5) is 0 Å². The minimum absolute atomic E-state index is 0.375. The van der Waals surface area contributed by atoms with Crippen LogP contribution in [-0.4, -0.2) is 17.7 Å². The third-order valence-electron chi connectivity index (χ3n) is 0.478. The summed E-state index contributed by atoms with van der Waals surface area (Å²) < 4.78 is 0. The van der Waals surface area contributed by atoms with Crippen molar-refractivity contribution in [3.05, 3.63) is 5.21 Å². The van der Waals surface area contributed by atoms with Gasteiger partial charge in [-0.25, -0.2) is 0 Å². The minimum atomic E-state index is 0.375. The fourth-order valence-electron chi connectivity index (χ4n) is 0.250. The van der Waals surface area contributed by atoms with Crippen molar-refractivity contribution in [1.29, 1.82) is 0 Å². The van der Waals surface area contributed by atoms with Gasteiger partial charge in [0.05, 0.1) is 6.54 Å². The highest BCUT2D eigenvalue weighted by Crippen LogP contribution is 1.72. The molecule has 0 radical (unpaired) electrons. The SMILES string of the molecule is [O-][N+]1=CCNO1. The molecule has 0 spiro atoms. The van der Waals surface area contributed by atoms with E-state index in [2.05, 4.69) is 10.4 Å². The molecule has 1 heterocycles. The summed E-state index contributed by atoms with van der Waals surface area (Å²) in [4.78, 5) is 4.50. The normalized spacial score (nSPS) is 19.7. The van der Waals surface area contributed by atoms with Crippen LogP contribution in [0.3, 0.4) is 0 Å². The number of nitrogens with zero attached hydrogens (tertiary/aromatic N) is 1. The predicted octanol–water partition coefficient (Wildman–Crippen LogP) is -0.983. The first kappa shape index (κ1) is 3.42. The van der Waals surface area contributed by atoms with Crippen molar-refractivity contribution >= 4 is 6.21 Å². The quantitative estimate of drug-likeness (QED) is 0.387. The lowest BCUT2D eigenvalue weighted by Crippen LogP contribution is -2.07. The van der Waals surface area contributed by atoms with Gasteiger partial charge in [0.1, 0.15) is 0 Å². The zero-order valence-electron chi connectivity index (χ0n) is 3.05. The van der Waals surface area contributed by atoms with Crippen LogP contribution in [0.25, 0.3) is 0 Å². The molecule has 0 aliphatic carbocycles. The first-order chi connectivity index (χ1) is 2.89. The number of hydrogen-bond acceptors (Lipinski definition) is 3. The van der Waals surface area contributed by atoms with Gasteiger partial charge in [-0.15, -0.1) is 0 Å². The molecule has 0 saturated heterocycles. The smallest absolute Gasteiger partial charge is 0.226 e. The Labute approximate surface area is 34.5 Å². The molecule has 0 fully saturated rings. The van der Waals surface area contributed by atoms with Crippen LogP contribution in [0.2, 0.25) is 0 Å². The number of nitrogens with one attached hydrogen (secondary N) is 1. The molecular formula is C2H4N2O2. The lowest BCUT2D eigenvalue weighted by Gasteiger charge is -1.90. The molecule has 0 atom stereocenters. The summed E-state index contributed by atoms with van der Waals surface area (Å²) in [7, 11) is 0. The van der Waals surface area contributed by atoms with E-state index in [1.165, 1.54) is 6.21 Å². The van der Waals surface area contributed by atoms with Gasteiger partial charge in [0.15, 0.2) is 0 Å². The maximum atomic E-state index is 9.82. The Morgan fingerprint density at radius 3 is 3.00 bits per heavy atom. The summed E-state index contributed by atoms with van der Waals surface area (Å²) in [6.07, 6.45) is 1.35.